The van der Waals surface area contributed by atoms with Gasteiger partial charge in [-0.2, -0.15) is 5.26 Å². The van der Waals surface area contributed by atoms with Crippen molar-refractivity contribution in [3.63, 3.8) is 0 Å². The number of benzene rings is 1. The zero-order valence-electron chi connectivity index (χ0n) is 13.7. The summed E-state index contributed by atoms with van der Waals surface area (Å²) in [5.41, 5.74) is -0.0130. The summed E-state index contributed by atoms with van der Waals surface area (Å²) in [6.45, 7) is 0. The maximum atomic E-state index is 12.3. The van der Waals surface area contributed by atoms with Crippen LogP contribution >= 0.6 is 0 Å². The van der Waals surface area contributed by atoms with Gasteiger partial charge in [0.05, 0.1) is 23.0 Å². The Hall–Kier alpha value is -2.53. The number of amides is 1. The van der Waals surface area contributed by atoms with Crippen LogP contribution in [0.3, 0.4) is 0 Å². The molecule has 1 aliphatic heterocycles. The van der Waals surface area contributed by atoms with Crippen LogP contribution in [0.4, 0.5) is 0 Å². The summed E-state index contributed by atoms with van der Waals surface area (Å²) in [7, 11) is -1.33. The Kier molecular flexibility index (Phi) is 4.68. The van der Waals surface area contributed by atoms with E-state index in [9.17, 15) is 25.0 Å². The van der Waals surface area contributed by atoms with E-state index in [1.165, 1.54) is 6.07 Å². The number of para-hydroxylation sites is 1. The Bertz CT molecular complexity index is 739. The van der Waals surface area contributed by atoms with Crippen LogP contribution in [0.25, 0.3) is 0 Å². The van der Waals surface area contributed by atoms with Crippen LogP contribution in [0.1, 0.15) is 48.0 Å². The lowest BCUT2D eigenvalue weighted by molar-refractivity contribution is -0.123. The van der Waals surface area contributed by atoms with Gasteiger partial charge >= 0.3 is 13.1 Å². The molecule has 0 aromatic heterocycles. The summed E-state index contributed by atoms with van der Waals surface area (Å²) in [5, 5.41) is 31.5. The van der Waals surface area contributed by atoms with Crippen LogP contribution < -0.4 is 9.97 Å². The SMILES string of the molecule is N#CC1(CC(=O)N[C@H]2Cc3cccc(C(=O)O)c3OB2O)CCCC1. The quantitative estimate of drug-likeness (QED) is 0.710. The molecular formula is C17H19BN2O5. The molecule has 3 rings (SSSR count). The molecule has 3 N–H and O–H groups in total. The van der Waals surface area contributed by atoms with Gasteiger partial charge in [0.1, 0.15) is 5.75 Å². The van der Waals surface area contributed by atoms with Gasteiger partial charge in [-0.25, -0.2) is 4.79 Å². The number of nitrogens with zero attached hydrogens (tertiary/aromatic N) is 1. The third-order valence-electron chi connectivity index (χ3n) is 4.99. The number of rotatable bonds is 4. The van der Waals surface area contributed by atoms with Gasteiger partial charge in [-0.15, -0.1) is 0 Å². The molecular weight excluding hydrogens is 323 g/mol. The average molecular weight is 342 g/mol. The van der Waals surface area contributed by atoms with Crippen molar-refractivity contribution in [3.8, 4) is 11.8 Å². The van der Waals surface area contributed by atoms with E-state index in [4.69, 9.17) is 4.65 Å². The third kappa shape index (κ3) is 3.47. The standard InChI is InChI=1S/C17H19BN2O5/c19-10-17(6-1-2-7-17)9-14(21)20-13-8-11-4-3-5-12(16(22)23)15(11)25-18(13)24/h3-5,13,24H,1-2,6-9H2,(H,20,21)(H,22,23)/t13-/m0/s1. The van der Waals surface area contributed by atoms with Gasteiger partial charge in [-0.1, -0.05) is 25.0 Å². The second kappa shape index (κ2) is 6.77. The highest BCUT2D eigenvalue weighted by atomic mass is 16.5. The van der Waals surface area contributed by atoms with Crippen molar-refractivity contribution in [1.82, 2.24) is 5.32 Å². The van der Waals surface area contributed by atoms with Gasteiger partial charge in [0.15, 0.2) is 0 Å². The fourth-order valence-corrected chi connectivity index (χ4v) is 3.66. The van der Waals surface area contributed by atoms with E-state index < -0.39 is 24.4 Å². The number of hydrogen-bond donors (Lipinski definition) is 3. The summed E-state index contributed by atoms with van der Waals surface area (Å²) < 4.78 is 5.35. The molecule has 0 radical (unpaired) electrons. The Morgan fingerprint density at radius 3 is 2.76 bits per heavy atom. The highest BCUT2D eigenvalue weighted by Gasteiger charge is 2.40. The number of carbonyl (C=O) groups is 2. The molecule has 1 saturated carbocycles. The fraction of sp³-hybridized carbons (Fsp3) is 0.471. The van der Waals surface area contributed by atoms with Gasteiger partial charge in [-0.3, -0.25) is 4.79 Å². The number of fused-ring (bicyclic) bond motifs is 1. The van der Waals surface area contributed by atoms with Crippen LogP contribution in [0.2, 0.25) is 0 Å². The van der Waals surface area contributed by atoms with E-state index in [2.05, 4.69) is 11.4 Å². The Balaban J connectivity index is 1.70. The monoisotopic (exact) mass is 342 g/mol. The predicted octanol–water partition coefficient (Wildman–Crippen LogP) is 1.30. The molecule has 1 fully saturated rings. The first-order valence-corrected chi connectivity index (χ1v) is 8.35. The summed E-state index contributed by atoms with van der Waals surface area (Å²) >= 11 is 0. The smallest absolute Gasteiger partial charge is 0.534 e. The van der Waals surface area contributed by atoms with Crippen LogP contribution in [0.15, 0.2) is 18.2 Å². The Morgan fingerprint density at radius 1 is 1.40 bits per heavy atom. The molecule has 25 heavy (non-hydrogen) atoms. The molecule has 1 heterocycles. The maximum absolute atomic E-state index is 12.3. The van der Waals surface area contributed by atoms with Crippen molar-refractivity contribution in [3.05, 3.63) is 29.3 Å². The summed E-state index contributed by atoms with van der Waals surface area (Å²) in [5.74, 6) is -1.98. The molecule has 1 atom stereocenters. The lowest BCUT2D eigenvalue weighted by atomic mass is 9.72. The van der Waals surface area contributed by atoms with E-state index in [-0.39, 0.29) is 30.1 Å². The minimum atomic E-state index is -1.33. The van der Waals surface area contributed by atoms with Crippen molar-refractivity contribution >= 4 is 19.0 Å². The van der Waals surface area contributed by atoms with Crippen LogP contribution in [-0.4, -0.2) is 35.1 Å². The van der Waals surface area contributed by atoms with Gasteiger partial charge in [0, 0.05) is 6.42 Å². The van der Waals surface area contributed by atoms with E-state index in [1.54, 1.807) is 12.1 Å². The molecule has 0 spiro atoms. The molecule has 0 saturated heterocycles. The topological polar surface area (TPSA) is 120 Å². The number of nitrogens with one attached hydrogen (secondary N) is 1. The first-order valence-electron chi connectivity index (χ1n) is 8.35. The van der Waals surface area contributed by atoms with E-state index in [0.29, 0.717) is 18.4 Å². The number of carboxylic acid groups (broad SMARTS) is 1. The molecule has 130 valence electrons. The molecule has 1 amide bonds. The first-order chi connectivity index (χ1) is 11.9. The first kappa shape index (κ1) is 17.3. The van der Waals surface area contributed by atoms with Crippen molar-refractivity contribution < 1.29 is 24.4 Å². The van der Waals surface area contributed by atoms with Gasteiger partial charge in [0.25, 0.3) is 0 Å². The molecule has 1 aromatic rings. The third-order valence-corrected chi connectivity index (χ3v) is 4.99. The zero-order chi connectivity index (χ0) is 18.0. The maximum Gasteiger partial charge on any atom is 0.547 e. The molecule has 1 aromatic carbocycles. The molecule has 0 bridgehead atoms. The molecule has 1 aliphatic carbocycles. The van der Waals surface area contributed by atoms with Crippen molar-refractivity contribution in [1.29, 1.82) is 5.26 Å². The molecule has 8 heteroatoms. The Morgan fingerprint density at radius 2 is 2.12 bits per heavy atom. The van der Waals surface area contributed by atoms with Gasteiger partial charge in [-0.05, 0) is 30.9 Å². The summed E-state index contributed by atoms with van der Waals surface area (Å²) in [4.78, 5) is 23.6. The van der Waals surface area contributed by atoms with Gasteiger partial charge < -0.3 is 20.1 Å². The zero-order valence-corrected chi connectivity index (χ0v) is 13.7. The fourth-order valence-electron chi connectivity index (χ4n) is 3.66. The lowest BCUT2D eigenvalue weighted by Crippen LogP contribution is -2.53. The van der Waals surface area contributed by atoms with Gasteiger partial charge in [0.2, 0.25) is 5.91 Å². The highest BCUT2D eigenvalue weighted by Crippen LogP contribution is 2.40. The second-order valence-electron chi connectivity index (χ2n) is 6.76. The minimum Gasteiger partial charge on any atom is -0.534 e. The van der Waals surface area contributed by atoms with E-state index in [0.717, 1.165) is 12.8 Å². The van der Waals surface area contributed by atoms with Crippen molar-refractivity contribution in [2.75, 3.05) is 0 Å². The van der Waals surface area contributed by atoms with E-state index >= 15 is 0 Å². The van der Waals surface area contributed by atoms with Crippen LogP contribution in [-0.2, 0) is 11.2 Å². The second-order valence-corrected chi connectivity index (χ2v) is 6.76. The molecule has 7 nitrogen and oxygen atoms in total. The normalized spacial score (nSPS) is 21.0. The summed E-state index contributed by atoms with van der Waals surface area (Å²) in [6.07, 6.45) is 3.69. The van der Waals surface area contributed by atoms with Crippen LogP contribution in [0.5, 0.6) is 5.75 Å². The molecule has 0 unspecified atom stereocenters. The largest absolute Gasteiger partial charge is 0.547 e. The van der Waals surface area contributed by atoms with Crippen molar-refractivity contribution in [2.45, 2.75) is 44.5 Å². The Labute approximate surface area is 145 Å². The number of hydrogen-bond acceptors (Lipinski definition) is 5. The minimum absolute atomic E-state index is 0.0179. The van der Waals surface area contributed by atoms with Crippen LogP contribution in [0, 0.1) is 16.7 Å². The lowest BCUT2D eigenvalue weighted by Gasteiger charge is -2.29. The number of carboxylic acids is 1. The number of nitriles is 1. The predicted molar refractivity (Wildman–Crippen MR) is 88.8 cm³/mol. The average Bonchev–Trinajstić information content (AvgIpc) is 3.03. The summed E-state index contributed by atoms with van der Waals surface area (Å²) in [6, 6.07) is 6.99. The number of carbonyl (C=O) groups excluding carboxylic acids is 1. The number of aromatic carboxylic acids is 1. The highest BCUT2D eigenvalue weighted by molar-refractivity contribution is 6.47. The van der Waals surface area contributed by atoms with Crippen molar-refractivity contribution in [2.24, 2.45) is 5.41 Å². The molecule has 2 aliphatic rings. The van der Waals surface area contributed by atoms with E-state index in [1.807, 2.05) is 0 Å².